The highest BCUT2D eigenvalue weighted by Gasteiger charge is 2.47. The molecule has 1 aromatic carbocycles. The zero-order valence-corrected chi connectivity index (χ0v) is 17.7. The maximum atomic E-state index is 13.6. The van der Waals surface area contributed by atoms with Crippen LogP contribution in [0.25, 0.3) is 10.2 Å². The molecule has 1 atom stereocenters. The molecule has 4 rings (SSSR count). The number of aryl methyl sites for hydroxylation is 1. The predicted octanol–water partition coefficient (Wildman–Crippen LogP) is 3.19. The standard InChI is InChI=1S/C22H25N3O3S/c1-15-6-4-5-7-17(15)13-25-19(26)18-12-16-8-11-29-20(16)24(18)14-22(25,2)21(27)23-9-10-28-3/h4-8,11-12H,9-10,13-14H2,1-3H3,(H,23,27)/t22-/m0/s1. The van der Waals surface area contributed by atoms with Crippen molar-refractivity contribution in [2.45, 2.75) is 32.5 Å². The lowest BCUT2D eigenvalue weighted by atomic mass is 9.93. The summed E-state index contributed by atoms with van der Waals surface area (Å²) in [6, 6.07) is 11.9. The van der Waals surface area contributed by atoms with Crippen LogP contribution in [0, 0.1) is 6.92 Å². The van der Waals surface area contributed by atoms with E-state index in [1.54, 1.807) is 23.3 Å². The van der Waals surface area contributed by atoms with E-state index in [-0.39, 0.29) is 11.8 Å². The molecule has 2 aromatic heterocycles. The Morgan fingerprint density at radius 2 is 2.10 bits per heavy atom. The first kappa shape index (κ1) is 19.7. The molecule has 1 aliphatic heterocycles. The molecule has 0 bridgehead atoms. The SMILES string of the molecule is COCCNC(=O)[C@]1(C)Cn2c(cc3ccsc32)C(=O)N1Cc1ccccc1C. The average molecular weight is 412 g/mol. The molecule has 0 aliphatic carbocycles. The molecular formula is C22H25N3O3S. The van der Waals surface area contributed by atoms with E-state index in [1.807, 2.05) is 60.2 Å². The van der Waals surface area contributed by atoms with E-state index in [1.165, 1.54) is 0 Å². The van der Waals surface area contributed by atoms with Crippen molar-refractivity contribution in [2.24, 2.45) is 0 Å². The quantitative estimate of drug-likeness (QED) is 0.634. The number of nitrogens with one attached hydrogen (secondary N) is 1. The summed E-state index contributed by atoms with van der Waals surface area (Å²) in [5, 5.41) is 5.99. The molecule has 1 aliphatic rings. The van der Waals surface area contributed by atoms with Gasteiger partial charge in [-0.15, -0.1) is 11.3 Å². The molecule has 6 nitrogen and oxygen atoms in total. The second-order valence-corrected chi connectivity index (χ2v) is 8.53. The fourth-order valence-electron chi connectivity index (χ4n) is 3.92. The third kappa shape index (κ3) is 3.34. The summed E-state index contributed by atoms with van der Waals surface area (Å²) in [6.45, 7) is 5.52. The molecule has 29 heavy (non-hydrogen) atoms. The van der Waals surface area contributed by atoms with E-state index >= 15 is 0 Å². The Kier molecular flexibility index (Phi) is 5.19. The topological polar surface area (TPSA) is 63.6 Å². The summed E-state index contributed by atoms with van der Waals surface area (Å²) in [4.78, 5) is 29.6. The average Bonchev–Trinajstić information content (AvgIpc) is 3.29. The number of thiophene rings is 1. The van der Waals surface area contributed by atoms with Gasteiger partial charge >= 0.3 is 0 Å². The normalized spacial score (nSPS) is 18.9. The van der Waals surface area contributed by atoms with E-state index < -0.39 is 5.54 Å². The molecule has 3 aromatic rings. The number of rotatable bonds is 6. The predicted molar refractivity (Wildman–Crippen MR) is 114 cm³/mol. The second kappa shape index (κ2) is 7.65. The number of methoxy groups -OCH3 is 1. The Morgan fingerprint density at radius 3 is 2.86 bits per heavy atom. The minimum Gasteiger partial charge on any atom is -0.383 e. The van der Waals surface area contributed by atoms with Crippen molar-refractivity contribution in [3.8, 4) is 0 Å². The van der Waals surface area contributed by atoms with Gasteiger partial charge in [-0.05, 0) is 42.5 Å². The van der Waals surface area contributed by atoms with Crippen molar-refractivity contribution in [3.63, 3.8) is 0 Å². The number of hydrogen-bond donors (Lipinski definition) is 1. The fourth-order valence-corrected chi connectivity index (χ4v) is 4.82. The first-order valence-corrected chi connectivity index (χ1v) is 10.5. The lowest BCUT2D eigenvalue weighted by molar-refractivity contribution is -0.133. The lowest BCUT2D eigenvalue weighted by Crippen LogP contribution is -2.63. The number of ether oxygens (including phenoxy) is 1. The molecule has 0 fully saturated rings. The molecule has 152 valence electrons. The monoisotopic (exact) mass is 411 g/mol. The van der Waals surface area contributed by atoms with Crippen molar-refractivity contribution in [1.82, 2.24) is 14.8 Å². The number of carbonyl (C=O) groups excluding carboxylic acids is 2. The minimum absolute atomic E-state index is 0.118. The van der Waals surface area contributed by atoms with Crippen LogP contribution in [0.4, 0.5) is 0 Å². The zero-order valence-electron chi connectivity index (χ0n) is 16.9. The third-order valence-corrected chi connectivity index (χ3v) is 6.65. The van der Waals surface area contributed by atoms with Gasteiger partial charge in [-0.25, -0.2) is 0 Å². The Morgan fingerprint density at radius 1 is 1.31 bits per heavy atom. The summed E-state index contributed by atoms with van der Waals surface area (Å²) >= 11 is 1.59. The molecule has 3 heterocycles. The van der Waals surface area contributed by atoms with Crippen LogP contribution in [-0.2, 0) is 22.6 Å². The highest BCUT2D eigenvalue weighted by atomic mass is 32.1. The molecule has 0 spiro atoms. The van der Waals surface area contributed by atoms with Gasteiger partial charge in [-0.1, -0.05) is 24.3 Å². The maximum Gasteiger partial charge on any atom is 0.271 e. The van der Waals surface area contributed by atoms with Crippen molar-refractivity contribution in [3.05, 3.63) is 58.6 Å². The summed E-state index contributed by atoms with van der Waals surface area (Å²) in [7, 11) is 1.60. The molecular weight excluding hydrogens is 386 g/mol. The highest BCUT2D eigenvalue weighted by molar-refractivity contribution is 7.16. The molecule has 0 radical (unpaired) electrons. The molecule has 0 saturated carbocycles. The number of nitrogens with zero attached hydrogens (tertiary/aromatic N) is 2. The van der Waals surface area contributed by atoms with Crippen LogP contribution < -0.4 is 5.32 Å². The Balaban J connectivity index is 1.76. The van der Waals surface area contributed by atoms with E-state index in [0.717, 1.165) is 21.3 Å². The largest absolute Gasteiger partial charge is 0.383 e. The van der Waals surface area contributed by atoms with Crippen molar-refractivity contribution in [2.75, 3.05) is 20.3 Å². The second-order valence-electron chi connectivity index (χ2n) is 7.64. The van der Waals surface area contributed by atoms with Crippen LogP contribution in [0.5, 0.6) is 0 Å². The van der Waals surface area contributed by atoms with Crippen LogP contribution in [0.15, 0.2) is 41.8 Å². The van der Waals surface area contributed by atoms with Gasteiger partial charge in [0.25, 0.3) is 5.91 Å². The molecule has 2 amide bonds. The third-order valence-electron chi connectivity index (χ3n) is 5.70. The van der Waals surface area contributed by atoms with Gasteiger partial charge in [0.15, 0.2) is 0 Å². The van der Waals surface area contributed by atoms with Crippen molar-refractivity contribution >= 4 is 33.4 Å². The Hall–Kier alpha value is -2.64. The van der Waals surface area contributed by atoms with Crippen LogP contribution >= 0.6 is 11.3 Å². The van der Waals surface area contributed by atoms with E-state index in [0.29, 0.717) is 31.9 Å². The van der Waals surface area contributed by atoms with Crippen LogP contribution in [0.3, 0.4) is 0 Å². The molecule has 7 heteroatoms. The van der Waals surface area contributed by atoms with Gasteiger partial charge in [0.1, 0.15) is 16.1 Å². The van der Waals surface area contributed by atoms with Gasteiger partial charge < -0.3 is 19.5 Å². The summed E-state index contributed by atoms with van der Waals surface area (Å²) in [5.74, 6) is -0.284. The van der Waals surface area contributed by atoms with Gasteiger partial charge in [-0.2, -0.15) is 0 Å². The maximum absolute atomic E-state index is 13.6. The molecule has 0 unspecified atom stereocenters. The smallest absolute Gasteiger partial charge is 0.271 e. The first-order valence-electron chi connectivity index (χ1n) is 9.66. The Bertz CT molecular complexity index is 1070. The van der Waals surface area contributed by atoms with Crippen LogP contribution in [-0.4, -0.2) is 47.1 Å². The number of hydrogen-bond acceptors (Lipinski definition) is 4. The van der Waals surface area contributed by atoms with Crippen molar-refractivity contribution in [1.29, 1.82) is 0 Å². The number of benzene rings is 1. The number of carbonyl (C=O) groups is 2. The van der Waals surface area contributed by atoms with E-state index in [9.17, 15) is 9.59 Å². The van der Waals surface area contributed by atoms with Gasteiger partial charge in [0, 0.05) is 25.6 Å². The number of aromatic nitrogens is 1. The summed E-state index contributed by atoms with van der Waals surface area (Å²) in [6.07, 6.45) is 0. The summed E-state index contributed by atoms with van der Waals surface area (Å²) in [5.41, 5.74) is 1.78. The van der Waals surface area contributed by atoms with Crippen LogP contribution in [0.1, 0.15) is 28.5 Å². The number of amides is 2. The number of fused-ring (bicyclic) bond motifs is 3. The fraction of sp³-hybridized carbons (Fsp3) is 0.364. The van der Waals surface area contributed by atoms with Gasteiger partial charge in [0.05, 0.1) is 13.2 Å². The van der Waals surface area contributed by atoms with Gasteiger partial charge in [0.2, 0.25) is 5.91 Å². The van der Waals surface area contributed by atoms with E-state index in [4.69, 9.17) is 4.74 Å². The Labute approximate surface area is 174 Å². The van der Waals surface area contributed by atoms with E-state index in [2.05, 4.69) is 5.32 Å². The van der Waals surface area contributed by atoms with Crippen molar-refractivity contribution < 1.29 is 14.3 Å². The first-order chi connectivity index (χ1) is 14.0. The zero-order chi connectivity index (χ0) is 20.6. The van der Waals surface area contributed by atoms with Crippen LogP contribution in [0.2, 0.25) is 0 Å². The lowest BCUT2D eigenvalue weighted by Gasteiger charge is -2.44. The minimum atomic E-state index is -1.00. The summed E-state index contributed by atoms with van der Waals surface area (Å²) < 4.78 is 7.06. The van der Waals surface area contributed by atoms with Gasteiger partial charge in [-0.3, -0.25) is 9.59 Å². The molecule has 1 N–H and O–H groups in total. The highest BCUT2D eigenvalue weighted by Crippen LogP contribution is 2.35. The molecule has 0 saturated heterocycles.